The van der Waals surface area contributed by atoms with Crippen LogP contribution >= 0.6 is 11.8 Å². The normalized spacial score (nSPS) is 10.6. The highest BCUT2D eigenvalue weighted by atomic mass is 32.2. The molecule has 2 heterocycles. The summed E-state index contributed by atoms with van der Waals surface area (Å²) >= 11 is 1.20. The fourth-order valence-corrected chi connectivity index (χ4v) is 2.53. The molecular weight excluding hydrogens is 326 g/mol. The predicted molar refractivity (Wildman–Crippen MR) is 92.0 cm³/mol. The predicted octanol–water partition coefficient (Wildman–Crippen LogP) is 2.94. The fourth-order valence-electron chi connectivity index (χ4n) is 1.90. The van der Waals surface area contributed by atoms with Gasteiger partial charge in [-0.15, -0.1) is 10.2 Å². The maximum atomic E-state index is 5.67. The lowest BCUT2D eigenvalue weighted by atomic mass is 10.2. The van der Waals surface area contributed by atoms with Crippen LogP contribution in [-0.2, 0) is 0 Å². The Morgan fingerprint density at radius 1 is 0.917 bits per heavy atom. The highest BCUT2D eigenvalue weighted by molar-refractivity contribution is 7.98. The van der Waals surface area contributed by atoms with Gasteiger partial charge in [0.1, 0.15) is 0 Å². The van der Waals surface area contributed by atoms with E-state index < -0.39 is 0 Å². The van der Waals surface area contributed by atoms with Crippen molar-refractivity contribution in [2.75, 3.05) is 23.7 Å². The third kappa shape index (κ3) is 3.99. The van der Waals surface area contributed by atoms with Crippen molar-refractivity contribution >= 4 is 23.7 Å². The quantitative estimate of drug-likeness (QED) is 0.670. The molecule has 0 radical (unpaired) electrons. The summed E-state index contributed by atoms with van der Waals surface area (Å²) in [5.41, 5.74) is 0.870. The molecule has 1 aromatic carbocycles. The summed E-state index contributed by atoms with van der Waals surface area (Å²) in [5.74, 6) is 1.48. The molecule has 0 unspecified atom stereocenters. The lowest BCUT2D eigenvalue weighted by Crippen LogP contribution is -2.09. The Bertz CT molecular complexity index is 769. The summed E-state index contributed by atoms with van der Waals surface area (Å²) < 4.78 is 5.67. The monoisotopic (exact) mass is 343 g/mol. The molecule has 9 heteroatoms. The van der Waals surface area contributed by atoms with Crippen LogP contribution in [0, 0.1) is 0 Å². The van der Waals surface area contributed by atoms with Gasteiger partial charge in [0, 0.05) is 30.4 Å². The first-order valence-corrected chi connectivity index (χ1v) is 8.40. The van der Waals surface area contributed by atoms with E-state index in [4.69, 9.17) is 4.42 Å². The van der Waals surface area contributed by atoms with Crippen molar-refractivity contribution < 1.29 is 4.42 Å². The second-order valence-electron chi connectivity index (χ2n) is 4.67. The zero-order valence-corrected chi connectivity index (χ0v) is 14.2. The Morgan fingerprint density at radius 3 is 2.21 bits per heavy atom. The van der Waals surface area contributed by atoms with Crippen LogP contribution in [-0.4, -0.2) is 38.2 Å². The summed E-state index contributed by atoms with van der Waals surface area (Å²) in [5, 5.41) is 15.1. The molecule has 0 fully saturated rings. The first-order chi connectivity index (χ1) is 11.8. The van der Waals surface area contributed by atoms with Crippen LogP contribution in [0.15, 0.2) is 45.1 Å². The Morgan fingerprint density at radius 2 is 1.58 bits per heavy atom. The number of aromatic nitrogens is 5. The molecule has 24 heavy (non-hydrogen) atoms. The Labute approximate surface area is 143 Å². The van der Waals surface area contributed by atoms with E-state index in [0.717, 1.165) is 18.7 Å². The number of nitrogens with one attached hydrogen (secondary N) is 2. The van der Waals surface area contributed by atoms with Crippen molar-refractivity contribution in [1.29, 1.82) is 0 Å². The minimum Gasteiger partial charge on any atom is -0.411 e. The number of hydrogen-bond acceptors (Lipinski definition) is 9. The minimum absolute atomic E-state index is 0.380. The third-order valence-electron chi connectivity index (χ3n) is 2.89. The molecular formula is C15H17N7OS. The summed E-state index contributed by atoms with van der Waals surface area (Å²) in [6.07, 6.45) is 0. The second kappa shape index (κ2) is 7.73. The van der Waals surface area contributed by atoms with Gasteiger partial charge in [-0.2, -0.15) is 15.0 Å². The van der Waals surface area contributed by atoms with E-state index in [1.165, 1.54) is 11.8 Å². The molecule has 0 aliphatic carbocycles. The molecule has 3 aromatic rings. The van der Waals surface area contributed by atoms with Crippen molar-refractivity contribution in [1.82, 2.24) is 25.1 Å². The van der Waals surface area contributed by atoms with E-state index in [9.17, 15) is 0 Å². The van der Waals surface area contributed by atoms with Crippen molar-refractivity contribution in [2.24, 2.45) is 0 Å². The Hall–Kier alpha value is -2.68. The van der Waals surface area contributed by atoms with E-state index in [-0.39, 0.29) is 0 Å². The lowest BCUT2D eigenvalue weighted by Gasteiger charge is -2.06. The van der Waals surface area contributed by atoms with E-state index in [1.54, 1.807) is 0 Å². The number of anilines is 2. The molecule has 0 saturated heterocycles. The van der Waals surface area contributed by atoms with E-state index in [0.29, 0.717) is 28.2 Å². The van der Waals surface area contributed by atoms with Gasteiger partial charge in [-0.3, -0.25) is 0 Å². The van der Waals surface area contributed by atoms with Crippen molar-refractivity contribution in [3.8, 4) is 11.5 Å². The number of hydrogen-bond donors (Lipinski definition) is 2. The molecule has 0 aliphatic rings. The van der Waals surface area contributed by atoms with Crippen LogP contribution in [0.2, 0.25) is 0 Å². The van der Waals surface area contributed by atoms with Crippen LogP contribution in [0.1, 0.15) is 13.8 Å². The fraction of sp³-hybridized carbons (Fsp3) is 0.267. The van der Waals surface area contributed by atoms with Gasteiger partial charge in [0.25, 0.3) is 5.22 Å². The van der Waals surface area contributed by atoms with Crippen LogP contribution < -0.4 is 10.6 Å². The summed E-state index contributed by atoms with van der Waals surface area (Å²) in [6, 6.07) is 9.60. The van der Waals surface area contributed by atoms with Crippen molar-refractivity contribution in [2.45, 2.75) is 24.2 Å². The smallest absolute Gasteiger partial charge is 0.284 e. The number of nitrogens with zero attached hydrogens (tertiary/aromatic N) is 5. The van der Waals surface area contributed by atoms with E-state index in [1.807, 2.05) is 44.2 Å². The SMILES string of the molecule is CCNc1nc(NCC)nc(Sc2nnc(-c3ccccc3)o2)n1. The van der Waals surface area contributed by atoms with Crippen LogP contribution in [0.5, 0.6) is 0 Å². The molecule has 3 rings (SSSR count). The largest absolute Gasteiger partial charge is 0.411 e. The van der Waals surface area contributed by atoms with E-state index >= 15 is 0 Å². The molecule has 0 amide bonds. The lowest BCUT2D eigenvalue weighted by molar-refractivity contribution is 0.465. The maximum Gasteiger partial charge on any atom is 0.284 e. The molecule has 0 spiro atoms. The van der Waals surface area contributed by atoms with Gasteiger partial charge in [-0.05, 0) is 26.0 Å². The van der Waals surface area contributed by atoms with Gasteiger partial charge >= 0.3 is 0 Å². The van der Waals surface area contributed by atoms with Crippen LogP contribution in [0.25, 0.3) is 11.5 Å². The van der Waals surface area contributed by atoms with Gasteiger partial charge in [0.05, 0.1) is 0 Å². The van der Waals surface area contributed by atoms with Gasteiger partial charge in [0.2, 0.25) is 22.9 Å². The summed E-state index contributed by atoms with van der Waals surface area (Å²) in [7, 11) is 0. The first-order valence-electron chi connectivity index (χ1n) is 7.59. The van der Waals surface area contributed by atoms with Crippen molar-refractivity contribution in [3.05, 3.63) is 30.3 Å². The average molecular weight is 343 g/mol. The topological polar surface area (TPSA) is 102 Å². The second-order valence-corrected chi connectivity index (χ2v) is 5.59. The summed E-state index contributed by atoms with van der Waals surface area (Å²) in [6.45, 7) is 5.40. The van der Waals surface area contributed by atoms with Crippen LogP contribution in [0.4, 0.5) is 11.9 Å². The van der Waals surface area contributed by atoms with Gasteiger partial charge in [-0.25, -0.2) is 0 Å². The molecule has 0 atom stereocenters. The summed E-state index contributed by atoms with van der Waals surface area (Å²) in [4.78, 5) is 13.0. The molecule has 0 aliphatic heterocycles. The standard InChI is InChI=1S/C15H17N7OS/c1-3-16-12-18-13(17-4-2)20-14(19-12)24-15-22-21-11(23-15)10-8-6-5-7-9-10/h5-9H,3-4H2,1-2H3,(H2,16,17,18,19,20). The number of rotatable bonds is 7. The zero-order valence-electron chi connectivity index (χ0n) is 13.4. The van der Waals surface area contributed by atoms with E-state index in [2.05, 4.69) is 35.8 Å². The molecule has 2 N–H and O–H groups in total. The zero-order chi connectivity index (χ0) is 16.8. The number of benzene rings is 1. The molecule has 8 nitrogen and oxygen atoms in total. The molecule has 2 aromatic heterocycles. The highest BCUT2D eigenvalue weighted by Gasteiger charge is 2.13. The highest BCUT2D eigenvalue weighted by Crippen LogP contribution is 2.27. The first kappa shape index (κ1) is 16.2. The molecule has 0 bridgehead atoms. The van der Waals surface area contributed by atoms with Gasteiger partial charge < -0.3 is 15.1 Å². The van der Waals surface area contributed by atoms with Gasteiger partial charge in [-0.1, -0.05) is 18.2 Å². The third-order valence-corrected chi connectivity index (χ3v) is 3.60. The molecule has 124 valence electrons. The average Bonchev–Trinajstić information content (AvgIpc) is 3.05. The van der Waals surface area contributed by atoms with Crippen molar-refractivity contribution in [3.63, 3.8) is 0 Å². The maximum absolute atomic E-state index is 5.67. The van der Waals surface area contributed by atoms with Crippen LogP contribution in [0.3, 0.4) is 0 Å². The molecule has 0 saturated carbocycles. The Balaban J connectivity index is 1.81. The minimum atomic E-state index is 0.380. The van der Waals surface area contributed by atoms with Gasteiger partial charge in [0.15, 0.2) is 0 Å². The Kier molecular flexibility index (Phi) is 5.22.